The highest BCUT2D eigenvalue weighted by Gasteiger charge is 2.14. The Morgan fingerprint density at radius 3 is 2.19 bits per heavy atom. The van der Waals surface area contributed by atoms with Crippen LogP contribution in [0.25, 0.3) is 0 Å². The van der Waals surface area contributed by atoms with E-state index < -0.39 is 12.1 Å². The standard InChI is InChI=1S/C20H18N2O4/c23-19(24)18-11-17(13-22(18)12-15-7-3-1-4-8-15)21-20(25)26-14-16-9-5-2-6-10-16/h1-11,13H,12,14H2,(H,21,25)(H,23,24). The van der Waals surface area contributed by atoms with Gasteiger partial charge in [-0.3, -0.25) is 5.32 Å². The molecule has 1 heterocycles. The van der Waals surface area contributed by atoms with Gasteiger partial charge in [-0.2, -0.15) is 0 Å². The molecule has 0 saturated heterocycles. The van der Waals surface area contributed by atoms with E-state index in [4.69, 9.17) is 4.74 Å². The quantitative estimate of drug-likeness (QED) is 0.704. The Hall–Kier alpha value is -3.54. The number of carbonyl (C=O) groups is 2. The maximum atomic E-state index is 11.9. The predicted octanol–water partition coefficient (Wildman–Crippen LogP) is 3.98. The number of benzene rings is 2. The topological polar surface area (TPSA) is 80.6 Å². The van der Waals surface area contributed by atoms with Gasteiger partial charge in [0.05, 0.1) is 5.69 Å². The molecule has 0 aliphatic heterocycles. The lowest BCUT2D eigenvalue weighted by Crippen LogP contribution is -2.13. The molecule has 0 aliphatic carbocycles. The molecule has 1 amide bonds. The third kappa shape index (κ3) is 4.51. The van der Waals surface area contributed by atoms with Gasteiger partial charge < -0.3 is 14.4 Å². The highest BCUT2D eigenvalue weighted by molar-refractivity contribution is 5.90. The first-order chi connectivity index (χ1) is 12.6. The van der Waals surface area contributed by atoms with Crippen molar-refractivity contribution in [1.29, 1.82) is 0 Å². The van der Waals surface area contributed by atoms with Gasteiger partial charge in [-0.1, -0.05) is 60.7 Å². The number of carbonyl (C=O) groups excluding carboxylic acids is 1. The van der Waals surface area contributed by atoms with Crippen molar-refractivity contribution in [2.24, 2.45) is 0 Å². The lowest BCUT2D eigenvalue weighted by Gasteiger charge is -2.06. The number of hydrogen-bond acceptors (Lipinski definition) is 3. The van der Waals surface area contributed by atoms with E-state index in [9.17, 15) is 14.7 Å². The van der Waals surface area contributed by atoms with Gasteiger partial charge in [0.15, 0.2) is 0 Å². The number of carboxylic acids is 1. The molecule has 132 valence electrons. The smallest absolute Gasteiger partial charge is 0.412 e. The molecule has 6 heteroatoms. The first-order valence-corrected chi connectivity index (χ1v) is 8.07. The minimum Gasteiger partial charge on any atom is -0.477 e. The van der Waals surface area contributed by atoms with Gasteiger partial charge in [0.1, 0.15) is 12.3 Å². The normalized spacial score (nSPS) is 10.3. The molecule has 0 atom stereocenters. The fourth-order valence-electron chi connectivity index (χ4n) is 2.55. The van der Waals surface area contributed by atoms with Gasteiger partial charge in [-0.05, 0) is 17.2 Å². The molecule has 0 radical (unpaired) electrons. The molecule has 0 aliphatic rings. The Bertz CT molecular complexity index is 889. The number of aromatic nitrogens is 1. The van der Waals surface area contributed by atoms with Gasteiger partial charge in [0, 0.05) is 12.7 Å². The second-order valence-electron chi connectivity index (χ2n) is 5.72. The maximum Gasteiger partial charge on any atom is 0.412 e. The zero-order chi connectivity index (χ0) is 18.4. The number of nitrogens with one attached hydrogen (secondary N) is 1. The Labute approximate surface area is 150 Å². The van der Waals surface area contributed by atoms with Crippen LogP contribution in [0.2, 0.25) is 0 Å². The number of anilines is 1. The van der Waals surface area contributed by atoms with Crippen LogP contribution in [0.1, 0.15) is 21.6 Å². The summed E-state index contributed by atoms with van der Waals surface area (Å²) in [6.45, 7) is 0.534. The van der Waals surface area contributed by atoms with Gasteiger partial charge >= 0.3 is 12.1 Å². The first kappa shape index (κ1) is 17.3. The van der Waals surface area contributed by atoms with Crippen LogP contribution in [0.3, 0.4) is 0 Å². The number of nitrogens with zero attached hydrogens (tertiary/aromatic N) is 1. The molecule has 0 saturated carbocycles. The molecule has 1 aromatic heterocycles. The van der Waals surface area contributed by atoms with Crippen molar-refractivity contribution in [3.05, 3.63) is 89.7 Å². The summed E-state index contributed by atoms with van der Waals surface area (Å²) < 4.78 is 6.73. The third-order valence-corrected chi connectivity index (χ3v) is 3.77. The summed E-state index contributed by atoms with van der Waals surface area (Å²) in [6, 6.07) is 20.2. The summed E-state index contributed by atoms with van der Waals surface area (Å²) in [6.07, 6.45) is 0.947. The van der Waals surface area contributed by atoms with Crippen LogP contribution in [-0.2, 0) is 17.9 Å². The summed E-state index contributed by atoms with van der Waals surface area (Å²) in [5.74, 6) is -1.06. The van der Waals surface area contributed by atoms with E-state index in [1.54, 1.807) is 10.8 Å². The largest absolute Gasteiger partial charge is 0.477 e. The molecular weight excluding hydrogens is 332 g/mol. The fraction of sp³-hybridized carbons (Fsp3) is 0.100. The van der Waals surface area contributed by atoms with Crippen molar-refractivity contribution >= 4 is 17.7 Å². The van der Waals surface area contributed by atoms with Crippen molar-refractivity contribution in [2.75, 3.05) is 5.32 Å². The molecule has 0 spiro atoms. The Kier molecular flexibility index (Phi) is 5.34. The Morgan fingerprint density at radius 2 is 1.58 bits per heavy atom. The van der Waals surface area contributed by atoms with Crippen LogP contribution in [0, 0.1) is 0 Å². The van der Waals surface area contributed by atoms with E-state index in [-0.39, 0.29) is 12.3 Å². The average Bonchev–Trinajstić information content (AvgIpc) is 3.04. The molecule has 6 nitrogen and oxygen atoms in total. The number of amides is 1. The maximum absolute atomic E-state index is 11.9. The number of aromatic carboxylic acids is 1. The van der Waals surface area contributed by atoms with Gasteiger partial charge in [-0.15, -0.1) is 0 Å². The molecule has 0 bridgehead atoms. The highest BCUT2D eigenvalue weighted by atomic mass is 16.5. The zero-order valence-corrected chi connectivity index (χ0v) is 14.0. The number of ether oxygens (including phenoxy) is 1. The second-order valence-corrected chi connectivity index (χ2v) is 5.72. The monoisotopic (exact) mass is 350 g/mol. The summed E-state index contributed by atoms with van der Waals surface area (Å²) in [5.41, 5.74) is 2.29. The number of carboxylic acid groups (broad SMARTS) is 1. The van der Waals surface area contributed by atoms with Crippen LogP contribution in [0.5, 0.6) is 0 Å². The Balaban J connectivity index is 1.67. The van der Waals surface area contributed by atoms with E-state index in [0.717, 1.165) is 11.1 Å². The fourth-order valence-corrected chi connectivity index (χ4v) is 2.55. The molecule has 0 fully saturated rings. The van der Waals surface area contributed by atoms with Gasteiger partial charge in [0.25, 0.3) is 0 Å². The molecule has 0 unspecified atom stereocenters. The minimum atomic E-state index is -1.06. The van der Waals surface area contributed by atoms with Crippen LogP contribution < -0.4 is 5.32 Å². The summed E-state index contributed by atoms with van der Waals surface area (Å²) in [5, 5.41) is 11.9. The molecule has 2 aromatic carbocycles. The van der Waals surface area contributed by atoms with Crippen molar-refractivity contribution in [3.63, 3.8) is 0 Å². The molecular formula is C20H18N2O4. The van der Waals surface area contributed by atoms with Gasteiger partial charge in [-0.25, -0.2) is 9.59 Å². The summed E-state index contributed by atoms with van der Waals surface area (Å²) in [7, 11) is 0. The molecule has 2 N–H and O–H groups in total. The first-order valence-electron chi connectivity index (χ1n) is 8.07. The second kappa shape index (κ2) is 8.02. The minimum absolute atomic E-state index is 0.0900. The molecule has 26 heavy (non-hydrogen) atoms. The predicted molar refractivity (Wildman–Crippen MR) is 97.2 cm³/mol. The zero-order valence-electron chi connectivity index (χ0n) is 14.0. The third-order valence-electron chi connectivity index (χ3n) is 3.77. The SMILES string of the molecule is O=C(Nc1cc(C(=O)O)n(Cc2ccccc2)c1)OCc1ccccc1. The van der Waals surface area contributed by atoms with E-state index in [2.05, 4.69) is 5.32 Å². The van der Waals surface area contributed by atoms with Crippen LogP contribution in [0.15, 0.2) is 72.9 Å². The van der Waals surface area contributed by atoms with Crippen LogP contribution in [0.4, 0.5) is 10.5 Å². The van der Waals surface area contributed by atoms with E-state index in [1.807, 2.05) is 60.7 Å². The van der Waals surface area contributed by atoms with Crippen molar-refractivity contribution in [2.45, 2.75) is 13.2 Å². The van der Waals surface area contributed by atoms with Crippen molar-refractivity contribution in [1.82, 2.24) is 4.57 Å². The van der Waals surface area contributed by atoms with Crippen molar-refractivity contribution in [3.8, 4) is 0 Å². The van der Waals surface area contributed by atoms with Crippen molar-refractivity contribution < 1.29 is 19.4 Å². The number of hydrogen-bond donors (Lipinski definition) is 2. The van der Waals surface area contributed by atoms with E-state index in [0.29, 0.717) is 12.2 Å². The summed E-state index contributed by atoms with van der Waals surface area (Å²) in [4.78, 5) is 23.4. The number of rotatable bonds is 6. The highest BCUT2D eigenvalue weighted by Crippen LogP contribution is 2.17. The summed E-state index contributed by atoms with van der Waals surface area (Å²) >= 11 is 0. The lowest BCUT2D eigenvalue weighted by atomic mass is 10.2. The van der Waals surface area contributed by atoms with Gasteiger partial charge in [0.2, 0.25) is 0 Å². The average molecular weight is 350 g/mol. The molecule has 3 aromatic rings. The lowest BCUT2D eigenvalue weighted by molar-refractivity contribution is 0.0685. The Morgan fingerprint density at radius 1 is 0.962 bits per heavy atom. The van der Waals surface area contributed by atoms with E-state index in [1.165, 1.54) is 6.07 Å². The van der Waals surface area contributed by atoms with Crippen LogP contribution in [-0.4, -0.2) is 21.7 Å². The molecule has 3 rings (SSSR count). The van der Waals surface area contributed by atoms with E-state index >= 15 is 0 Å². The van der Waals surface area contributed by atoms with Crippen LogP contribution >= 0.6 is 0 Å².